The first-order valence-corrected chi connectivity index (χ1v) is 11.3. The summed E-state index contributed by atoms with van der Waals surface area (Å²) in [5.74, 6) is 2.27. The van der Waals surface area contributed by atoms with Gasteiger partial charge in [0.15, 0.2) is 0 Å². The number of piperazine rings is 1. The average Bonchev–Trinajstić information content (AvgIpc) is 3.31. The van der Waals surface area contributed by atoms with Gasteiger partial charge in [0.25, 0.3) is 0 Å². The number of nitrogens with two attached hydrogens (primary N) is 1. The van der Waals surface area contributed by atoms with Crippen molar-refractivity contribution in [3.8, 4) is 5.75 Å². The van der Waals surface area contributed by atoms with E-state index >= 15 is 0 Å². The summed E-state index contributed by atoms with van der Waals surface area (Å²) in [5, 5.41) is 8.78. The molecule has 0 bridgehead atoms. The van der Waals surface area contributed by atoms with E-state index in [-0.39, 0.29) is 11.3 Å². The Bertz CT molecular complexity index is 1140. The van der Waals surface area contributed by atoms with E-state index in [0.717, 1.165) is 49.9 Å². The van der Waals surface area contributed by atoms with Crippen molar-refractivity contribution < 1.29 is 9.15 Å². The monoisotopic (exact) mass is 447 g/mol. The van der Waals surface area contributed by atoms with E-state index in [4.69, 9.17) is 20.3 Å². The molecule has 3 aromatic rings. The van der Waals surface area contributed by atoms with Crippen LogP contribution in [0.2, 0.25) is 0 Å². The number of anilines is 2. The van der Waals surface area contributed by atoms with Gasteiger partial charge in [-0.15, -0.1) is 0 Å². The summed E-state index contributed by atoms with van der Waals surface area (Å²) in [4.78, 5) is 17.7. The highest BCUT2D eigenvalue weighted by Gasteiger charge is 2.40. The molecule has 1 aliphatic carbocycles. The van der Waals surface area contributed by atoms with Crippen LogP contribution in [0.3, 0.4) is 0 Å². The van der Waals surface area contributed by atoms with Crippen LogP contribution in [0.25, 0.3) is 0 Å². The molecule has 33 heavy (non-hydrogen) atoms. The van der Waals surface area contributed by atoms with Crippen molar-refractivity contribution in [2.75, 3.05) is 30.3 Å². The van der Waals surface area contributed by atoms with Crippen LogP contribution in [0.4, 0.5) is 11.5 Å². The molecule has 1 saturated carbocycles. The predicted molar refractivity (Wildman–Crippen MR) is 126 cm³/mol. The summed E-state index contributed by atoms with van der Waals surface area (Å²) in [6.45, 7) is 7.47. The van der Waals surface area contributed by atoms with Gasteiger partial charge in [0.2, 0.25) is 5.89 Å². The lowest BCUT2D eigenvalue weighted by Crippen LogP contribution is -2.51. The van der Waals surface area contributed by atoms with Crippen molar-refractivity contribution in [2.24, 2.45) is 0 Å². The highest BCUT2D eigenvalue weighted by molar-refractivity contribution is 6.13. The van der Waals surface area contributed by atoms with Crippen molar-refractivity contribution in [2.45, 2.75) is 44.9 Å². The van der Waals surface area contributed by atoms with E-state index < -0.39 is 0 Å². The molecule has 5 rings (SSSR count). The van der Waals surface area contributed by atoms with Crippen LogP contribution in [-0.4, -0.2) is 56.8 Å². The Morgan fingerprint density at radius 2 is 2.09 bits per heavy atom. The lowest BCUT2D eigenvalue weighted by Gasteiger charge is -2.39. The number of nitrogens with one attached hydrogen (secondary N) is 1. The molecule has 9 heteroatoms. The number of nitrogen functional groups attached to an aromatic ring is 1. The molecule has 0 unspecified atom stereocenters. The fourth-order valence-corrected chi connectivity index (χ4v) is 4.12. The lowest BCUT2D eigenvalue weighted by molar-refractivity contribution is 0.164. The Labute approximate surface area is 193 Å². The van der Waals surface area contributed by atoms with Crippen LogP contribution in [0, 0.1) is 5.41 Å². The zero-order valence-electron chi connectivity index (χ0n) is 19.0. The Morgan fingerprint density at radius 3 is 2.82 bits per heavy atom. The summed E-state index contributed by atoms with van der Waals surface area (Å²) >= 11 is 0. The largest absolute Gasteiger partial charge is 0.488 e. The smallest absolute Gasteiger partial charge is 0.208 e. The normalized spacial score (nSPS) is 19.9. The second kappa shape index (κ2) is 8.47. The van der Waals surface area contributed by atoms with Crippen molar-refractivity contribution in [3.05, 3.63) is 60.2 Å². The van der Waals surface area contributed by atoms with Crippen LogP contribution in [0.15, 0.2) is 47.5 Å². The van der Waals surface area contributed by atoms with E-state index in [9.17, 15) is 0 Å². The number of hydrogen-bond acceptors (Lipinski definition) is 9. The third-order valence-corrected chi connectivity index (χ3v) is 6.43. The summed E-state index contributed by atoms with van der Waals surface area (Å²) in [7, 11) is 0. The van der Waals surface area contributed by atoms with Gasteiger partial charge in [-0.3, -0.25) is 10.3 Å². The fourth-order valence-electron chi connectivity index (χ4n) is 4.12. The van der Waals surface area contributed by atoms with E-state index in [2.05, 4.69) is 38.6 Å². The molecule has 0 amide bonds. The molecule has 172 valence electrons. The van der Waals surface area contributed by atoms with Gasteiger partial charge in [0.1, 0.15) is 29.8 Å². The molecule has 1 aliphatic heterocycles. The molecule has 2 aromatic heterocycles. The molecule has 1 saturated heterocycles. The van der Waals surface area contributed by atoms with Gasteiger partial charge in [0, 0.05) is 43.0 Å². The second-order valence-corrected chi connectivity index (χ2v) is 9.13. The molecule has 0 spiro atoms. The maximum atomic E-state index is 8.78. The third kappa shape index (κ3) is 4.68. The molecule has 3 heterocycles. The van der Waals surface area contributed by atoms with Crippen LogP contribution in [-0.2, 0) is 6.54 Å². The van der Waals surface area contributed by atoms with Crippen molar-refractivity contribution in [1.29, 1.82) is 5.41 Å². The number of ether oxygens (including phenoxy) is 1. The van der Waals surface area contributed by atoms with Crippen molar-refractivity contribution in [1.82, 2.24) is 19.9 Å². The maximum absolute atomic E-state index is 8.78. The van der Waals surface area contributed by atoms with Crippen molar-refractivity contribution in [3.63, 3.8) is 0 Å². The lowest BCUT2D eigenvalue weighted by atomic mass is 10.0. The molecule has 0 radical (unpaired) electrons. The fraction of sp³-hybridized carbons (Fsp3) is 0.417. The maximum Gasteiger partial charge on any atom is 0.208 e. The first kappa shape index (κ1) is 21.4. The van der Waals surface area contributed by atoms with Gasteiger partial charge in [-0.1, -0.05) is 0 Å². The molecule has 1 atom stereocenters. The van der Waals surface area contributed by atoms with E-state index in [1.54, 1.807) is 18.5 Å². The number of oxazole rings is 1. The van der Waals surface area contributed by atoms with Crippen LogP contribution < -0.4 is 15.4 Å². The summed E-state index contributed by atoms with van der Waals surface area (Å²) < 4.78 is 11.5. The molecule has 9 nitrogen and oxygen atoms in total. The minimum Gasteiger partial charge on any atom is -0.488 e. The number of hydrogen-bond donors (Lipinski definition) is 2. The van der Waals surface area contributed by atoms with Crippen LogP contribution in [0.1, 0.15) is 43.8 Å². The zero-order valence-corrected chi connectivity index (χ0v) is 19.0. The number of rotatable bonds is 7. The Hall–Kier alpha value is -3.46. The minimum absolute atomic E-state index is 0.0937. The predicted octanol–water partition coefficient (Wildman–Crippen LogP) is 3.10. The van der Waals surface area contributed by atoms with Crippen LogP contribution >= 0.6 is 0 Å². The highest BCUT2D eigenvalue weighted by atomic mass is 16.5. The summed E-state index contributed by atoms with van der Waals surface area (Å²) in [5.41, 5.74) is 8.06. The number of aromatic nitrogens is 3. The van der Waals surface area contributed by atoms with E-state index in [1.165, 1.54) is 6.33 Å². The minimum atomic E-state index is -0.0937. The summed E-state index contributed by atoms with van der Waals surface area (Å²) in [6.07, 6.45) is 6.89. The first-order valence-electron chi connectivity index (χ1n) is 11.3. The van der Waals surface area contributed by atoms with E-state index in [0.29, 0.717) is 29.5 Å². The molecular formula is C24H29N7O2. The first-order chi connectivity index (χ1) is 15.9. The number of benzene rings is 1. The summed E-state index contributed by atoms with van der Waals surface area (Å²) in [6, 6.07) is 7.67. The molecular weight excluding hydrogens is 418 g/mol. The van der Waals surface area contributed by atoms with Gasteiger partial charge in [0.05, 0.1) is 24.1 Å². The third-order valence-electron chi connectivity index (χ3n) is 6.43. The van der Waals surface area contributed by atoms with Gasteiger partial charge < -0.3 is 19.8 Å². The van der Waals surface area contributed by atoms with Gasteiger partial charge in [-0.05, 0) is 44.9 Å². The molecule has 2 fully saturated rings. The van der Waals surface area contributed by atoms with E-state index in [1.807, 2.05) is 18.2 Å². The molecule has 1 aromatic carbocycles. The quantitative estimate of drug-likeness (QED) is 0.419. The van der Waals surface area contributed by atoms with Crippen molar-refractivity contribution >= 4 is 17.2 Å². The SMILES string of the molecule is C[C@H]1CN(c2cc(C(=N)c3cc(OC4(C)CC4)ccc3N)ncn2)CCN1Cc1ncco1. The number of nitrogens with zero attached hydrogens (tertiary/aromatic N) is 5. The standard InChI is InChI=1S/C24H29N7O2/c1-16-13-31(9-8-30(16)14-22-27-7-10-32-22)21-12-20(28-15-29-21)23(26)18-11-17(3-4-19(18)25)33-24(2)5-6-24/h3-4,7,10-12,15-16,26H,5-6,8-9,13-14,25H2,1-2H3/t16-/m0/s1. The van der Waals surface area contributed by atoms with Crippen LogP contribution in [0.5, 0.6) is 5.75 Å². The topological polar surface area (TPSA) is 117 Å². The zero-order chi connectivity index (χ0) is 23.0. The van der Waals surface area contributed by atoms with Gasteiger partial charge in [-0.2, -0.15) is 0 Å². The Kier molecular flexibility index (Phi) is 5.49. The van der Waals surface area contributed by atoms with Gasteiger partial charge >= 0.3 is 0 Å². The van der Waals surface area contributed by atoms with Gasteiger partial charge in [-0.25, -0.2) is 15.0 Å². The Morgan fingerprint density at radius 1 is 1.24 bits per heavy atom. The highest BCUT2D eigenvalue weighted by Crippen LogP contribution is 2.40. The molecule has 2 aliphatic rings. The second-order valence-electron chi connectivity index (χ2n) is 9.13. The average molecular weight is 448 g/mol. The Balaban J connectivity index is 1.30. The molecule has 3 N–H and O–H groups in total.